The van der Waals surface area contributed by atoms with Gasteiger partial charge in [-0.1, -0.05) is 61.5 Å². The molecule has 2 aromatic carbocycles. The summed E-state index contributed by atoms with van der Waals surface area (Å²) in [6, 6.07) is 16.6. The summed E-state index contributed by atoms with van der Waals surface area (Å²) in [5.41, 5.74) is 5.79. The Morgan fingerprint density at radius 3 is 2.45 bits per heavy atom. The van der Waals surface area contributed by atoms with Crippen molar-refractivity contribution in [3.8, 4) is 22.5 Å². The zero-order chi connectivity index (χ0) is 20.5. The van der Waals surface area contributed by atoms with Gasteiger partial charge in [-0.05, 0) is 25.5 Å². The number of aromatic nitrogens is 3. The molecular formula is C23H27N5O. The Kier molecular flexibility index (Phi) is 5.20. The number of benzene rings is 2. The van der Waals surface area contributed by atoms with Gasteiger partial charge in [-0.25, -0.2) is 4.68 Å². The van der Waals surface area contributed by atoms with Gasteiger partial charge in [0.05, 0.1) is 24.5 Å². The van der Waals surface area contributed by atoms with E-state index in [2.05, 4.69) is 47.7 Å². The molecule has 1 aliphatic heterocycles. The van der Waals surface area contributed by atoms with E-state index in [1.807, 2.05) is 53.8 Å². The number of carbonyl (C=O) groups excluding carboxylic acids is 1. The molecule has 0 radical (unpaired) electrons. The molecule has 6 heteroatoms. The fourth-order valence-corrected chi connectivity index (χ4v) is 3.75. The molecule has 1 amide bonds. The minimum atomic E-state index is 0.0491. The van der Waals surface area contributed by atoms with Gasteiger partial charge < -0.3 is 10.2 Å². The second-order valence-corrected chi connectivity index (χ2v) is 8.01. The van der Waals surface area contributed by atoms with Crippen LogP contribution in [0.25, 0.3) is 22.5 Å². The number of fused-ring (bicyclic) bond motifs is 5. The van der Waals surface area contributed by atoms with Crippen LogP contribution in [-0.2, 0) is 11.3 Å². The highest BCUT2D eigenvalue weighted by Crippen LogP contribution is 2.41. The summed E-state index contributed by atoms with van der Waals surface area (Å²) in [7, 11) is 0. The van der Waals surface area contributed by atoms with Crippen LogP contribution in [0.5, 0.6) is 0 Å². The molecule has 0 saturated carbocycles. The maximum Gasteiger partial charge on any atom is 0.241 e. The van der Waals surface area contributed by atoms with Crippen LogP contribution in [0.15, 0.2) is 48.5 Å². The van der Waals surface area contributed by atoms with Crippen LogP contribution in [0, 0.1) is 0 Å². The molecule has 0 aliphatic carbocycles. The third kappa shape index (κ3) is 3.56. The highest BCUT2D eigenvalue weighted by atomic mass is 16.2. The van der Waals surface area contributed by atoms with Gasteiger partial charge in [-0.3, -0.25) is 4.79 Å². The van der Waals surface area contributed by atoms with Crippen LogP contribution in [0.3, 0.4) is 0 Å². The van der Waals surface area contributed by atoms with E-state index in [0.717, 1.165) is 33.8 Å². The van der Waals surface area contributed by atoms with Crippen molar-refractivity contribution in [2.75, 3.05) is 11.4 Å². The number of hydrogen-bond acceptors (Lipinski definition) is 4. The van der Waals surface area contributed by atoms with Crippen molar-refractivity contribution in [2.45, 2.75) is 46.3 Å². The number of rotatable bonds is 4. The highest BCUT2D eigenvalue weighted by Gasteiger charge is 2.29. The molecule has 2 heterocycles. The van der Waals surface area contributed by atoms with Gasteiger partial charge in [-0.2, -0.15) is 0 Å². The Morgan fingerprint density at radius 2 is 1.72 bits per heavy atom. The summed E-state index contributed by atoms with van der Waals surface area (Å²) < 4.78 is 1.95. The lowest BCUT2D eigenvalue weighted by atomic mass is 9.95. The summed E-state index contributed by atoms with van der Waals surface area (Å²) in [6.07, 6.45) is 0. The second-order valence-electron chi connectivity index (χ2n) is 8.01. The normalized spacial score (nSPS) is 13.0. The third-order valence-corrected chi connectivity index (χ3v) is 5.20. The van der Waals surface area contributed by atoms with Crippen LogP contribution >= 0.6 is 0 Å². The largest absolute Gasteiger partial charge is 0.306 e. The molecule has 0 fully saturated rings. The molecule has 0 bridgehead atoms. The lowest BCUT2D eigenvalue weighted by molar-refractivity contribution is -0.118. The highest BCUT2D eigenvalue weighted by molar-refractivity contribution is 6.01. The van der Waals surface area contributed by atoms with Crippen molar-refractivity contribution in [3.05, 3.63) is 54.1 Å². The van der Waals surface area contributed by atoms with Crippen molar-refractivity contribution in [1.29, 1.82) is 0 Å². The molecular weight excluding hydrogens is 362 g/mol. The molecule has 0 spiro atoms. The number of anilines is 1. The standard InChI is InChI=1S/C23H27N5O/c1-15(2)24-13-21(29)27-14-17-9-5-6-10-18(17)22-23(28(16(3)4)26-25-22)19-11-7-8-12-20(19)27/h5-12,15-16,24H,13-14H2,1-4H3. The molecule has 0 atom stereocenters. The average Bonchev–Trinajstić information content (AvgIpc) is 3.14. The Morgan fingerprint density at radius 1 is 1.03 bits per heavy atom. The van der Waals surface area contributed by atoms with E-state index in [-0.39, 0.29) is 18.0 Å². The monoisotopic (exact) mass is 389 g/mol. The van der Waals surface area contributed by atoms with E-state index in [1.165, 1.54) is 0 Å². The molecule has 1 aliphatic rings. The number of amides is 1. The Bertz CT molecular complexity index is 1040. The molecule has 0 saturated heterocycles. The Hall–Kier alpha value is -2.99. The van der Waals surface area contributed by atoms with Crippen molar-refractivity contribution in [2.24, 2.45) is 0 Å². The first-order valence-corrected chi connectivity index (χ1v) is 10.1. The SMILES string of the molecule is CC(C)NCC(=O)N1Cc2ccccc2-c2nnn(C(C)C)c2-c2ccccc21. The van der Waals surface area contributed by atoms with Crippen molar-refractivity contribution < 1.29 is 4.79 Å². The first-order chi connectivity index (χ1) is 14.0. The maximum absolute atomic E-state index is 13.2. The second kappa shape index (κ2) is 7.79. The van der Waals surface area contributed by atoms with E-state index in [1.54, 1.807) is 0 Å². The van der Waals surface area contributed by atoms with Gasteiger partial charge in [0.25, 0.3) is 0 Å². The number of para-hydroxylation sites is 1. The van der Waals surface area contributed by atoms with E-state index in [0.29, 0.717) is 13.1 Å². The van der Waals surface area contributed by atoms with Gasteiger partial charge in [0.2, 0.25) is 5.91 Å². The maximum atomic E-state index is 13.2. The molecule has 3 aromatic rings. The predicted molar refractivity (Wildman–Crippen MR) is 116 cm³/mol. The summed E-state index contributed by atoms with van der Waals surface area (Å²) in [4.78, 5) is 15.1. The van der Waals surface area contributed by atoms with Crippen LogP contribution in [-0.4, -0.2) is 33.5 Å². The molecule has 29 heavy (non-hydrogen) atoms. The topological polar surface area (TPSA) is 63.1 Å². The van der Waals surface area contributed by atoms with E-state index in [9.17, 15) is 4.79 Å². The fraction of sp³-hybridized carbons (Fsp3) is 0.348. The molecule has 6 nitrogen and oxygen atoms in total. The number of nitrogens with zero attached hydrogens (tertiary/aromatic N) is 4. The summed E-state index contributed by atoms with van der Waals surface area (Å²) in [5, 5.41) is 12.3. The third-order valence-electron chi connectivity index (χ3n) is 5.20. The first-order valence-electron chi connectivity index (χ1n) is 10.1. The van der Waals surface area contributed by atoms with Gasteiger partial charge in [0.1, 0.15) is 5.69 Å². The van der Waals surface area contributed by atoms with Gasteiger partial charge in [-0.15, -0.1) is 5.10 Å². The lowest BCUT2D eigenvalue weighted by Crippen LogP contribution is -2.40. The van der Waals surface area contributed by atoms with Gasteiger partial charge >= 0.3 is 0 Å². The number of carbonyl (C=O) groups is 1. The minimum Gasteiger partial charge on any atom is -0.306 e. The van der Waals surface area contributed by atoms with Crippen LogP contribution in [0.1, 0.15) is 39.3 Å². The van der Waals surface area contributed by atoms with Crippen LogP contribution < -0.4 is 10.2 Å². The smallest absolute Gasteiger partial charge is 0.241 e. The lowest BCUT2D eigenvalue weighted by Gasteiger charge is -2.29. The molecule has 0 unspecified atom stereocenters. The molecule has 1 N–H and O–H groups in total. The minimum absolute atomic E-state index is 0.0491. The molecule has 1 aromatic heterocycles. The Balaban J connectivity index is 1.94. The quantitative estimate of drug-likeness (QED) is 0.732. The Labute approximate surface area is 171 Å². The number of nitrogens with one attached hydrogen (secondary N) is 1. The van der Waals surface area contributed by atoms with Crippen molar-refractivity contribution in [1.82, 2.24) is 20.3 Å². The van der Waals surface area contributed by atoms with Crippen molar-refractivity contribution in [3.63, 3.8) is 0 Å². The first kappa shape index (κ1) is 19.3. The zero-order valence-corrected chi connectivity index (χ0v) is 17.4. The zero-order valence-electron chi connectivity index (χ0n) is 17.4. The van der Waals surface area contributed by atoms with E-state index in [4.69, 9.17) is 0 Å². The predicted octanol–water partition coefficient (Wildman–Crippen LogP) is 4.04. The average molecular weight is 390 g/mol. The van der Waals surface area contributed by atoms with E-state index < -0.39 is 0 Å². The summed E-state index contributed by atoms with van der Waals surface area (Å²) in [6.45, 7) is 9.07. The van der Waals surface area contributed by atoms with E-state index >= 15 is 0 Å². The van der Waals surface area contributed by atoms with Gasteiger partial charge in [0.15, 0.2) is 0 Å². The fourth-order valence-electron chi connectivity index (χ4n) is 3.75. The molecule has 150 valence electrons. The summed E-state index contributed by atoms with van der Waals surface area (Å²) >= 11 is 0. The summed E-state index contributed by atoms with van der Waals surface area (Å²) in [5.74, 6) is 0.0491. The van der Waals surface area contributed by atoms with Crippen LogP contribution in [0.2, 0.25) is 0 Å². The van der Waals surface area contributed by atoms with Crippen molar-refractivity contribution >= 4 is 11.6 Å². The van der Waals surface area contributed by atoms with Crippen LogP contribution in [0.4, 0.5) is 5.69 Å². The number of hydrogen-bond donors (Lipinski definition) is 1. The van der Waals surface area contributed by atoms with Gasteiger partial charge in [0, 0.05) is 23.2 Å². The molecule has 4 rings (SSSR count).